The maximum atomic E-state index is 6.00. The molecule has 0 bridgehead atoms. The van der Waals surface area contributed by atoms with Crippen molar-refractivity contribution in [1.29, 1.82) is 0 Å². The SMILES string of the molecule is CCCCCCCOC(CCCC=COCOC)OCCCCCCC. The van der Waals surface area contributed by atoms with Crippen LogP contribution in [0.3, 0.4) is 0 Å². The van der Waals surface area contributed by atoms with Crippen molar-refractivity contribution >= 4 is 0 Å². The molecule has 0 aromatic heterocycles. The first-order valence-corrected chi connectivity index (χ1v) is 10.8. The molecule has 0 aromatic carbocycles. The fourth-order valence-corrected chi connectivity index (χ4v) is 2.70. The largest absolute Gasteiger partial charge is 0.476 e. The van der Waals surface area contributed by atoms with E-state index >= 15 is 0 Å². The molecule has 0 heterocycles. The van der Waals surface area contributed by atoms with E-state index in [2.05, 4.69) is 13.8 Å². The predicted molar refractivity (Wildman–Crippen MR) is 109 cm³/mol. The van der Waals surface area contributed by atoms with Gasteiger partial charge in [-0.15, -0.1) is 0 Å². The van der Waals surface area contributed by atoms with E-state index in [1.165, 1.54) is 51.4 Å². The minimum atomic E-state index is -0.0550. The Morgan fingerprint density at radius 2 is 1.31 bits per heavy atom. The van der Waals surface area contributed by atoms with Crippen LogP contribution in [0, 0.1) is 0 Å². The van der Waals surface area contributed by atoms with Crippen molar-refractivity contribution in [3.05, 3.63) is 12.3 Å². The molecule has 0 amide bonds. The van der Waals surface area contributed by atoms with E-state index in [9.17, 15) is 0 Å². The average molecular weight is 373 g/mol. The Hall–Kier alpha value is -0.580. The first kappa shape index (κ1) is 25.4. The van der Waals surface area contributed by atoms with Gasteiger partial charge in [-0.05, 0) is 38.2 Å². The highest BCUT2D eigenvalue weighted by Crippen LogP contribution is 2.11. The molecule has 0 spiro atoms. The second-order valence-corrected chi connectivity index (χ2v) is 6.88. The van der Waals surface area contributed by atoms with Crippen LogP contribution in [-0.2, 0) is 18.9 Å². The van der Waals surface area contributed by atoms with Crippen LogP contribution in [0.15, 0.2) is 12.3 Å². The van der Waals surface area contributed by atoms with E-state index in [0.29, 0.717) is 6.79 Å². The molecule has 0 radical (unpaired) electrons. The van der Waals surface area contributed by atoms with Crippen molar-refractivity contribution in [2.75, 3.05) is 27.1 Å². The van der Waals surface area contributed by atoms with Gasteiger partial charge in [0.05, 0.1) is 6.26 Å². The summed E-state index contributed by atoms with van der Waals surface area (Å²) in [7, 11) is 1.62. The van der Waals surface area contributed by atoms with Crippen LogP contribution < -0.4 is 0 Å². The molecule has 0 aliphatic heterocycles. The van der Waals surface area contributed by atoms with Gasteiger partial charge in [-0.3, -0.25) is 0 Å². The van der Waals surface area contributed by atoms with Crippen LogP contribution in [0.4, 0.5) is 0 Å². The zero-order valence-electron chi connectivity index (χ0n) is 17.7. The van der Waals surface area contributed by atoms with Gasteiger partial charge in [0.25, 0.3) is 0 Å². The van der Waals surface area contributed by atoms with E-state index in [4.69, 9.17) is 18.9 Å². The molecule has 0 aromatic rings. The van der Waals surface area contributed by atoms with Gasteiger partial charge in [0.15, 0.2) is 13.1 Å². The van der Waals surface area contributed by atoms with E-state index in [1.54, 1.807) is 13.4 Å². The maximum absolute atomic E-state index is 6.00. The number of unbranched alkanes of at least 4 members (excludes halogenated alkanes) is 9. The van der Waals surface area contributed by atoms with E-state index in [-0.39, 0.29) is 6.29 Å². The molecule has 4 heteroatoms. The van der Waals surface area contributed by atoms with Gasteiger partial charge in [-0.1, -0.05) is 65.2 Å². The first-order valence-electron chi connectivity index (χ1n) is 10.8. The second kappa shape index (κ2) is 22.5. The molecule has 156 valence electrons. The van der Waals surface area contributed by atoms with E-state index < -0.39 is 0 Å². The molecule has 0 saturated carbocycles. The minimum Gasteiger partial charge on any atom is -0.476 e. The maximum Gasteiger partial charge on any atom is 0.187 e. The lowest BCUT2D eigenvalue weighted by Crippen LogP contribution is -2.19. The quantitative estimate of drug-likeness (QED) is 0.129. The normalized spacial score (nSPS) is 11.7. The average Bonchev–Trinajstić information content (AvgIpc) is 2.65. The fraction of sp³-hybridized carbons (Fsp3) is 0.909. The monoisotopic (exact) mass is 372 g/mol. The molecule has 0 N–H and O–H groups in total. The lowest BCUT2D eigenvalue weighted by molar-refractivity contribution is -0.147. The molecule has 0 aliphatic carbocycles. The summed E-state index contributed by atoms with van der Waals surface area (Å²) in [6.07, 6.45) is 19.3. The van der Waals surface area contributed by atoms with Crippen molar-refractivity contribution in [2.24, 2.45) is 0 Å². The number of ether oxygens (including phenoxy) is 4. The smallest absolute Gasteiger partial charge is 0.187 e. The van der Waals surface area contributed by atoms with E-state index in [1.807, 2.05) is 6.08 Å². The third kappa shape index (κ3) is 19.7. The Morgan fingerprint density at radius 3 is 1.85 bits per heavy atom. The summed E-state index contributed by atoms with van der Waals surface area (Å²) in [5, 5.41) is 0. The molecular formula is C22H44O4. The second-order valence-electron chi connectivity index (χ2n) is 6.88. The van der Waals surface area contributed by atoms with E-state index in [0.717, 1.165) is 45.3 Å². The van der Waals surface area contributed by atoms with Gasteiger partial charge in [0, 0.05) is 20.3 Å². The van der Waals surface area contributed by atoms with Crippen LogP contribution in [0.2, 0.25) is 0 Å². The van der Waals surface area contributed by atoms with Gasteiger partial charge in [0.1, 0.15) is 0 Å². The highest BCUT2D eigenvalue weighted by atomic mass is 16.7. The molecule has 0 unspecified atom stereocenters. The highest BCUT2D eigenvalue weighted by Gasteiger charge is 2.08. The molecule has 0 saturated heterocycles. The van der Waals surface area contributed by atoms with Crippen molar-refractivity contribution in [3.63, 3.8) is 0 Å². The third-order valence-electron chi connectivity index (χ3n) is 4.29. The highest BCUT2D eigenvalue weighted by molar-refractivity contribution is 4.73. The predicted octanol–water partition coefficient (Wildman–Crippen LogP) is 6.59. The zero-order valence-corrected chi connectivity index (χ0v) is 17.7. The third-order valence-corrected chi connectivity index (χ3v) is 4.29. The molecule has 26 heavy (non-hydrogen) atoms. The topological polar surface area (TPSA) is 36.9 Å². The summed E-state index contributed by atoms with van der Waals surface area (Å²) in [4.78, 5) is 0. The van der Waals surface area contributed by atoms with Crippen LogP contribution in [0.5, 0.6) is 0 Å². The van der Waals surface area contributed by atoms with Crippen LogP contribution in [0.25, 0.3) is 0 Å². The molecular weight excluding hydrogens is 328 g/mol. The number of hydrogen-bond acceptors (Lipinski definition) is 4. The summed E-state index contributed by atoms with van der Waals surface area (Å²) >= 11 is 0. The van der Waals surface area contributed by atoms with Gasteiger partial charge in [-0.25, -0.2) is 0 Å². The summed E-state index contributed by atoms with van der Waals surface area (Å²) in [5.41, 5.74) is 0. The number of methoxy groups -OCH3 is 1. The minimum absolute atomic E-state index is 0.0550. The molecule has 0 rings (SSSR count). The fourth-order valence-electron chi connectivity index (χ4n) is 2.70. The van der Waals surface area contributed by atoms with Gasteiger partial charge >= 0.3 is 0 Å². The van der Waals surface area contributed by atoms with Crippen LogP contribution in [0.1, 0.15) is 97.3 Å². The Balaban J connectivity index is 3.85. The summed E-state index contributed by atoms with van der Waals surface area (Å²) < 4.78 is 22.0. The zero-order chi connectivity index (χ0) is 19.1. The van der Waals surface area contributed by atoms with Gasteiger partial charge < -0.3 is 18.9 Å². The van der Waals surface area contributed by atoms with Crippen molar-refractivity contribution in [2.45, 2.75) is 104 Å². The lowest BCUT2D eigenvalue weighted by Gasteiger charge is -2.18. The Bertz CT molecular complexity index is 265. The van der Waals surface area contributed by atoms with Crippen LogP contribution in [-0.4, -0.2) is 33.4 Å². The lowest BCUT2D eigenvalue weighted by atomic mass is 10.1. The van der Waals surface area contributed by atoms with Gasteiger partial charge in [0.2, 0.25) is 0 Å². The summed E-state index contributed by atoms with van der Waals surface area (Å²) in [5.74, 6) is 0. The first-order chi connectivity index (χ1) is 12.8. The number of allylic oxidation sites excluding steroid dienone is 1. The van der Waals surface area contributed by atoms with Crippen molar-refractivity contribution < 1.29 is 18.9 Å². The van der Waals surface area contributed by atoms with Crippen LogP contribution >= 0.6 is 0 Å². The molecule has 4 nitrogen and oxygen atoms in total. The Labute approximate surface area is 162 Å². The molecule has 0 atom stereocenters. The summed E-state index contributed by atoms with van der Waals surface area (Å²) in [6, 6.07) is 0. The standard InChI is InChI=1S/C22H44O4/c1-4-6-8-10-15-19-25-22(26-20-16-11-9-7-5-2)17-13-12-14-18-24-21-23-3/h14,18,22H,4-13,15-17,19-21H2,1-3H3. The number of rotatable bonds is 21. The number of hydrogen-bond donors (Lipinski definition) is 0. The van der Waals surface area contributed by atoms with Crippen molar-refractivity contribution in [3.8, 4) is 0 Å². The molecule has 0 fully saturated rings. The Kier molecular flexibility index (Phi) is 22.0. The molecule has 0 aliphatic rings. The van der Waals surface area contributed by atoms with Gasteiger partial charge in [-0.2, -0.15) is 0 Å². The van der Waals surface area contributed by atoms with Crippen molar-refractivity contribution in [1.82, 2.24) is 0 Å². The Morgan fingerprint density at radius 1 is 0.731 bits per heavy atom. The summed E-state index contributed by atoms with van der Waals surface area (Å²) in [6.45, 7) is 6.43.